The molecule has 158 valence electrons. The van der Waals surface area contributed by atoms with Crippen LogP contribution in [0.1, 0.15) is 24.5 Å². The number of hydrogen-bond acceptors (Lipinski definition) is 3. The number of nitrogens with one attached hydrogen (secondary N) is 1. The Morgan fingerprint density at radius 3 is 2.59 bits per heavy atom. The maximum Gasteiger partial charge on any atom is 0.124 e. The number of hydrogen-bond donors (Lipinski definition) is 2. The Balaban J connectivity index is 2.09. The van der Waals surface area contributed by atoms with Crippen LogP contribution in [0.25, 0.3) is 0 Å². The Bertz CT molecular complexity index is 800. The van der Waals surface area contributed by atoms with E-state index in [0.717, 1.165) is 47.6 Å². The lowest BCUT2D eigenvalue weighted by Gasteiger charge is -2.18. The van der Waals surface area contributed by atoms with E-state index in [1.807, 2.05) is 24.3 Å². The molecule has 0 heterocycles. The molecule has 2 aromatic carbocycles. The summed E-state index contributed by atoms with van der Waals surface area (Å²) in [7, 11) is 2.20. The lowest BCUT2D eigenvalue weighted by Crippen LogP contribution is -3.07. The van der Waals surface area contributed by atoms with E-state index in [0.29, 0.717) is 24.2 Å². The van der Waals surface area contributed by atoms with Crippen LogP contribution in [0.15, 0.2) is 53.5 Å². The molecule has 0 radical (unpaired) electrons. The third kappa shape index (κ3) is 8.39. The molecule has 29 heavy (non-hydrogen) atoms. The van der Waals surface area contributed by atoms with Crippen LogP contribution in [0.3, 0.4) is 0 Å². The Morgan fingerprint density at radius 1 is 1.21 bits per heavy atom. The Morgan fingerprint density at radius 2 is 1.93 bits per heavy atom. The summed E-state index contributed by atoms with van der Waals surface area (Å²) >= 11 is 9.56. The molecular formula is C23H31BrClN2O2+. The van der Waals surface area contributed by atoms with Crippen molar-refractivity contribution in [1.82, 2.24) is 0 Å². The lowest BCUT2D eigenvalue weighted by atomic mass is 10.1. The Kier molecular flexibility index (Phi) is 10.0. The SMILES string of the molecule is C=CCOc1cc(C[NH+](C)CCC(C)CN)cc(OCc2ccc(Cl)cc2Br)c1. The smallest absolute Gasteiger partial charge is 0.124 e. The third-order valence-electron chi connectivity index (χ3n) is 4.69. The van der Waals surface area contributed by atoms with Crippen LogP contribution in [0.2, 0.25) is 5.02 Å². The monoisotopic (exact) mass is 481 g/mol. The van der Waals surface area contributed by atoms with E-state index in [-0.39, 0.29) is 0 Å². The molecule has 0 aliphatic heterocycles. The fourth-order valence-corrected chi connectivity index (χ4v) is 3.70. The number of benzene rings is 2. The minimum absolute atomic E-state index is 0.443. The van der Waals surface area contributed by atoms with Crippen LogP contribution in [-0.2, 0) is 13.2 Å². The summed E-state index contributed by atoms with van der Waals surface area (Å²) in [4.78, 5) is 1.43. The van der Waals surface area contributed by atoms with E-state index in [2.05, 4.69) is 48.6 Å². The largest absolute Gasteiger partial charge is 0.489 e. The summed E-state index contributed by atoms with van der Waals surface area (Å²) in [6.45, 7) is 9.52. The molecule has 0 aromatic heterocycles. The average Bonchev–Trinajstić information content (AvgIpc) is 2.69. The molecule has 0 saturated carbocycles. The molecule has 0 amide bonds. The maximum atomic E-state index is 6.07. The van der Waals surface area contributed by atoms with Crippen molar-refractivity contribution in [2.45, 2.75) is 26.5 Å². The molecule has 6 heteroatoms. The van der Waals surface area contributed by atoms with Crippen LogP contribution < -0.4 is 20.1 Å². The van der Waals surface area contributed by atoms with E-state index >= 15 is 0 Å². The molecule has 0 fully saturated rings. The fourth-order valence-electron chi connectivity index (χ4n) is 2.90. The highest BCUT2D eigenvalue weighted by atomic mass is 79.9. The minimum Gasteiger partial charge on any atom is -0.489 e. The zero-order chi connectivity index (χ0) is 21.2. The summed E-state index contributed by atoms with van der Waals surface area (Å²) in [5.74, 6) is 2.12. The molecule has 0 aliphatic rings. The van der Waals surface area contributed by atoms with Gasteiger partial charge in [0, 0.05) is 33.1 Å². The number of halogens is 2. The van der Waals surface area contributed by atoms with Crippen LogP contribution in [0.4, 0.5) is 0 Å². The van der Waals surface area contributed by atoms with Gasteiger partial charge in [-0.2, -0.15) is 0 Å². The summed E-state index contributed by atoms with van der Waals surface area (Å²) in [5, 5.41) is 0.692. The van der Waals surface area contributed by atoms with E-state index in [4.69, 9.17) is 26.8 Å². The van der Waals surface area contributed by atoms with Gasteiger partial charge in [0.2, 0.25) is 0 Å². The molecular weight excluding hydrogens is 452 g/mol. The first-order valence-electron chi connectivity index (χ1n) is 9.87. The maximum absolute atomic E-state index is 6.07. The van der Waals surface area contributed by atoms with Crippen molar-refractivity contribution in [1.29, 1.82) is 0 Å². The molecule has 2 rings (SSSR count). The molecule has 2 atom stereocenters. The predicted molar refractivity (Wildman–Crippen MR) is 124 cm³/mol. The second-order valence-electron chi connectivity index (χ2n) is 7.45. The first kappa shape index (κ1) is 23.7. The van der Waals surface area contributed by atoms with Crippen LogP contribution >= 0.6 is 27.5 Å². The van der Waals surface area contributed by atoms with Gasteiger partial charge in [-0.1, -0.05) is 53.2 Å². The van der Waals surface area contributed by atoms with Crippen molar-refractivity contribution >= 4 is 27.5 Å². The zero-order valence-corrected chi connectivity index (χ0v) is 19.6. The van der Waals surface area contributed by atoms with Gasteiger partial charge >= 0.3 is 0 Å². The quantitative estimate of drug-likeness (QED) is 0.445. The highest BCUT2D eigenvalue weighted by Crippen LogP contribution is 2.26. The summed E-state index contributed by atoms with van der Waals surface area (Å²) in [6, 6.07) is 11.8. The number of quaternary nitrogens is 1. The van der Waals surface area contributed by atoms with Gasteiger partial charge in [0.25, 0.3) is 0 Å². The predicted octanol–water partition coefficient (Wildman–Crippen LogP) is 4.25. The average molecular weight is 483 g/mol. The molecule has 2 unspecified atom stereocenters. The van der Waals surface area contributed by atoms with Gasteiger partial charge in [-0.3, -0.25) is 0 Å². The number of nitrogens with two attached hydrogens (primary N) is 1. The second-order valence-corrected chi connectivity index (χ2v) is 8.74. The summed E-state index contributed by atoms with van der Waals surface area (Å²) in [6.07, 6.45) is 2.85. The van der Waals surface area contributed by atoms with E-state index in [1.165, 1.54) is 10.5 Å². The molecule has 4 nitrogen and oxygen atoms in total. The molecule has 0 spiro atoms. The topological polar surface area (TPSA) is 48.9 Å². The van der Waals surface area contributed by atoms with Gasteiger partial charge in [0.15, 0.2) is 0 Å². The molecule has 0 bridgehead atoms. The van der Waals surface area contributed by atoms with Crippen molar-refractivity contribution < 1.29 is 14.4 Å². The van der Waals surface area contributed by atoms with E-state index in [1.54, 1.807) is 6.08 Å². The number of rotatable bonds is 12. The molecule has 2 aromatic rings. The first-order chi connectivity index (χ1) is 13.9. The molecule has 3 N–H and O–H groups in total. The van der Waals surface area contributed by atoms with Gasteiger partial charge in [0.05, 0.1) is 13.6 Å². The van der Waals surface area contributed by atoms with Gasteiger partial charge in [-0.25, -0.2) is 0 Å². The normalized spacial score (nSPS) is 13.0. The lowest BCUT2D eigenvalue weighted by molar-refractivity contribution is -0.894. The van der Waals surface area contributed by atoms with Crippen LogP contribution in [0.5, 0.6) is 11.5 Å². The number of ether oxygens (including phenoxy) is 2. The minimum atomic E-state index is 0.443. The highest BCUT2D eigenvalue weighted by molar-refractivity contribution is 9.10. The van der Waals surface area contributed by atoms with Crippen molar-refractivity contribution in [2.24, 2.45) is 11.7 Å². The summed E-state index contributed by atoms with van der Waals surface area (Å²) in [5.41, 5.74) is 7.95. The van der Waals surface area contributed by atoms with E-state index in [9.17, 15) is 0 Å². The Hall–Kier alpha value is -1.53. The highest BCUT2D eigenvalue weighted by Gasteiger charge is 2.11. The van der Waals surface area contributed by atoms with Crippen molar-refractivity contribution in [3.05, 3.63) is 69.7 Å². The van der Waals surface area contributed by atoms with Gasteiger partial charge in [-0.15, -0.1) is 0 Å². The van der Waals surface area contributed by atoms with Crippen LogP contribution in [-0.4, -0.2) is 26.7 Å². The third-order valence-corrected chi connectivity index (χ3v) is 5.66. The van der Waals surface area contributed by atoms with Crippen LogP contribution in [0, 0.1) is 5.92 Å². The Labute approximate surface area is 187 Å². The van der Waals surface area contributed by atoms with Gasteiger partial charge in [0.1, 0.15) is 31.3 Å². The van der Waals surface area contributed by atoms with Crippen molar-refractivity contribution in [3.63, 3.8) is 0 Å². The van der Waals surface area contributed by atoms with E-state index < -0.39 is 0 Å². The van der Waals surface area contributed by atoms with Gasteiger partial charge in [-0.05, 0) is 36.7 Å². The zero-order valence-electron chi connectivity index (χ0n) is 17.2. The first-order valence-corrected chi connectivity index (χ1v) is 11.0. The summed E-state index contributed by atoms with van der Waals surface area (Å²) < 4.78 is 12.8. The fraction of sp³-hybridized carbons (Fsp3) is 0.391. The molecule has 0 aliphatic carbocycles. The van der Waals surface area contributed by atoms with Crippen molar-refractivity contribution in [3.8, 4) is 11.5 Å². The molecule has 0 saturated heterocycles. The standard InChI is InChI=1S/C23H30BrClN2O2/c1-4-9-28-21-10-18(15-27(3)8-7-17(2)14-26)11-22(13-21)29-16-19-5-6-20(25)12-23(19)24/h4-6,10-13,17H,1,7-9,14-16,26H2,2-3H3/p+1. The van der Waals surface area contributed by atoms with Crippen molar-refractivity contribution in [2.75, 3.05) is 26.7 Å². The van der Waals surface area contributed by atoms with Gasteiger partial charge < -0.3 is 20.1 Å². The second kappa shape index (κ2) is 12.2.